The molecule has 30 heavy (non-hydrogen) atoms. The Kier molecular flexibility index (Phi) is 5.39. The molecule has 5 heteroatoms. The fourth-order valence-corrected chi connectivity index (χ4v) is 4.37. The summed E-state index contributed by atoms with van der Waals surface area (Å²) in [5.74, 6) is 0.812. The van der Waals surface area contributed by atoms with Gasteiger partial charge in [-0.25, -0.2) is 9.97 Å². The minimum absolute atomic E-state index is 0.812. The summed E-state index contributed by atoms with van der Waals surface area (Å²) in [5.41, 5.74) is 7.12. The van der Waals surface area contributed by atoms with Gasteiger partial charge in [-0.2, -0.15) is 0 Å². The fraction of sp³-hybridized carbons (Fsp3) is 0.160. The smallest absolute Gasteiger partial charge is 0.159 e. The Hall–Kier alpha value is -2.89. The number of rotatable bonds is 4. The van der Waals surface area contributed by atoms with Gasteiger partial charge >= 0.3 is 0 Å². The van der Waals surface area contributed by atoms with E-state index in [1.165, 1.54) is 27.9 Å². The standard InChI is InChI=1S/C25H21BrN4/c26-22-8-4-7-19(13-22)23-9-11-27-14-20(23)16-30-12-10-24-21(17-30)15-28-25(29-24)18-5-2-1-3-6-18/h1-9,11,13-15H,10,12,16-17H2. The van der Waals surface area contributed by atoms with E-state index in [1.807, 2.05) is 36.8 Å². The highest BCUT2D eigenvalue weighted by Gasteiger charge is 2.20. The van der Waals surface area contributed by atoms with E-state index < -0.39 is 0 Å². The molecule has 1 aliphatic heterocycles. The Morgan fingerprint density at radius 1 is 0.933 bits per heavy atom. The molecule has 0 radical (unpaired) electrons. The molecule has 2 aromatic heterocycles. The number of hydrogen-bond donors (Lipinski definition) is 0. The van der Waals surface area contributed by atoms with E-state index in [9.17, 15) is 0 Å². The highest BCUT2D eigenvalue weighted by Crippen LogP contribution is 2.28. The van der Waals surface area contributed by atoms with Gasteiger partial charge in [-0.15, -0.1) is 0 Å². The molecule has 0 amide bonds. The summed E-state index contributed by atoms with van der Waals surface area (Å²) in [4.78, 5) is 16.3. The van der Waals surface area contributed by atoms with Gasteiger partial charge < -0.3 is 0 Å². The van der Waals surface area contributed by atoms with Gasteiger partial charge in [0, 0.05) is 60.2 Å². The second-order valence-corrected chi connectivity index (χ2v) is 8.45. The third-order valence-corrected chi connectivity index (χ3v) is 5.97. The first-order valence-corrected chi connectivity index (χ1v) is 10.9. The van der Waals surface area contributed by atoms with E-state index in [4.69, 9.17) is 4.98 Å². The third-order valence-electron chi connectivity index (χ3n) is 5.48. The molecule has 3 heterocycles. The molecule has 0 spiro atoms. The van der Waals surface area contributed by atoms with Crippen molar-refractivity contribution in [2.24, 2.45) is 0 Å². The molecule has 0 bridgehead atoms. The molecule has 1 aliphatic rings. The Morgan fingerprint density at radius 2 is 1.80 bits per heavy atom. The van der Waals surface area contributed by atoms with E-state index >= 15 is 0 Å². The summed E-state index contributed by atoms with van der Waals surface area (Å²) >= 11 is 3.58. The molecular weight excluding hydrogens is 436 g/mol. The first kappa shape index (κ1) is 19.1. The van der Waals surface area contributed by atoms with E-state index in [0.29, 0.717) is 0 Å². The van der Waals surface area contributed by atoms with Crippen molar-refractivity contribution in [2.45, 2.75) is 19.5 Å². The molecule has 4 nitrogen and oxygen atoms in total. The van der Waals surface area contributed by atoms with Crippen LogP contribution in [0.25, 0.3) is 22.5 Å². The monoisotopic (exact) mass is 456 g/mol. The van der Waals surface area contributed by atoms with Crippen LogP contribution in [0.15, 0.2) is 83.7 Å². The Labute approximate surface area is 184 Å². The quantitative estimate of drug-likeness (QED) is 0.404. The van der Waals surface area contributed by atoms with E-state index in [1.54, 1.807) is 0 Å². The van der Waals surface area contributed by atoms with Crippen LogP contribution in [0.3, 0.4) is 0 Å². The maximum Gasteiger partial charge on any atom is 0.159 e. The van der Waals surface area contributed by atoms with Gasteiger partial charge in [0.1, 0.15) is 0 Å². The summed E-state index contributed by atoms with van der Waals surface area (Å²) in [6.45, 7) is 2.69. The zero-order valence-corrected chi connectivity index (χ0v) is 18.1. The van der Waals surface area contributed by atoms with Crippen LogP contribution in [0.1, 0.15) is 16.8 Å². The molecule has 148 valence electrons. The Morgan fingerprint density at radius 3 is 2.67 bits per heavy atom. The van der Waals surface area contributed by atoms with Crippen molar-refractivity contribution in [2.75, 3.05) is 6.54 Å². The molecule has 0 saturated heterocycles. The second kappa shape index (κ2) is 8.46. The van der Waals surface area contributed by atoms with Crippen molar-refractivity contribution in [1.82, 2.24) is 19.9 Å². The normalized spacial score (nSPS) is 13.8. The van der Waals surface area contributed by atoms with Crippen LogP contribution in [0.5, 0.6) is 0 Å². The largest absolute Gasteiger partial charge is 0.294 e. The summed E-state index contributed by atoms with van der Waals surface area (Å²) in [6, 6.07) is 20.7. The molecule has 0 atom stereocenters. The van der Waals surface area contributed by atoms with Crippen molar-refractivity contribution >= 4 is 15.9 Å². The first-order valence-electron chi connectivity index (χ1n) is 10.1. The minimum atomic E-state index is 0.812. The number of fused-ring (bicyclic) bond motifs is 1. The summed E-state index contributed by atoms with van der Waals surface area (Å²) in [7, 11) is 0. The van der Waals surface area contributed by atoms with Crippen LogP contribution in [-0.4, -0.2) is 26.4 Å². The van der Waals surface area contributed by atoms with Gasteiger partial charge in [-0.1, -0.05) is 58.4 Å². The van der Waals surface area contributed by atoms with Crippen molar-refractivity contribution < 1.29 is 0 Å². The highest BCUT2D eigenvalue weighted by atomic mass is 79.9. The summed E-state index contributed by atoms with van der Waals surface area (Å²) in [6.07, 6.45) is 6.78. The van der Waals surface area contributed by atoms with Gasteiger partial charge in [0.05, 0.1) is 5.69 Å². The van der Waals surface area contributed by atoms with Gasteiger partial charge in [0.15, 0.2) is 5.82 Å². The van der Waals surface area contributed by atoms with Gasteiger partial charge in [0.2, 0.25) is 0 Å². The van der Waals surface area contributed by atoms with Gasteiger partial charge in [0.25, 0.3) is 0 Å². The fourth-order valence-electron chi connectivity index (χ4n) is 3.97. The van der Waals surface area contributed by atoms with Crippen LogP contribution in [0.2, 0.25) is 0 Å². The average molecular weight is 457 g/mol. The summed E-state index contributed by atoms with van der Waals surface area (Å²) < 4.78 is 1.08. The SMILES string of the molecule is Brc1cccc(-c2ccncc2CN2CCc3nc(-c4ccccc4)ncc3C2)c1. The topological polar surface area (TPSA) is 41.9 Å². The highest BCUT2D eigenvalue weighted by molar-refractivity contribution is 9.10. The number of benzene rings is 2. The molecule has 0 saturated carbocycles. The molecule has 0 aliphatic carbocycles. The molecule has 0 N–H and O–H groups in total. The van der Waals surface area contributed by atoms with Crippen molar-refractivity contribution in [3.05, 3.63) is 101 Å². The van der Waals surface area contributed by atoms with Crippen molar-refractivity contribution in [1.29, 1.82) is 0 Å². The van der Waals surface area contributed by atoms with Gasteiger partial charge in [-0.05, 0) is 34.9 Å². The lowest BCUT2D eigenvalue weighted by molar-refractivity contribution is 0.243. The Balaban J connectivity index is 1.37. The number of hydrogen-bond acceptors (Lipinski definition) is 4. The predicted molar refractivity (Wildman–Crippen MR) is 123 cm³/mol. The van der Waals surface area contributed by atoms with Crippen LogP contribution in [-0.2, 0) is 19.5 Å². The van der Waals surface area contributed by atoms with E-state index in [2.05, 4.69) is 73.3 Å². The van der Waals surface area contributed by atoms with Crippen LogP contribution >= 0.6 is 15.9 Å². The van der Waals surface area contributed by atoms with Crippen molar-refractivity contribution in [3.63, 3.8) is 0 Å². The number of halogens is 1. The molecule has 5 rings (SSSR count). The molecule has 4 aromatic rings. The first-order chi connectivity index (χ1) is 14.8. The minimum Gasteiger partial charge on any atom is -0.294 e. The zero-order valence-electron chi connectivity index (χ0n) is 16.5. The maximum atomic E-state index is 4.84. The number of pyridine rings is 1. The molecular formula is C25H21BrN4. The van der Waals surface area contributed by atoms with E-state index in [0.717, 1.165) is 41.9 Å². The Bertz CT molecular complexity index is 1180. The molecule has 2 aromatic carbocycles. The lowest BCUT2D eigenvalue weighted by Crippen LogP contribution is -2.31. The average Bonchev–Trinajstić information content (AvgIpc) is 2.80. The second-order valence-electron chi connectivity index (χ2n) is 7.54. The maximum absolute atomic E-state index is 4.84. The van der Waals surface area contributed by atoms with Crippen LogP contribution < -0.4 is 0 Å². The van der Waals surface area contributed by atoms with E-state index in [-0.39, 0.29) is 0 Å². The molecule has 0 unspecified atom stereocenters. The zero-order chi connectivity index (χ0) is 20.3. The molecule has 0 fully saturated rings. The number of nitrogens with zero attached hydrogens (tertiary/aromatic N) is 4. The van der Waals surface area contributed by atoms with Gasteiger partial charge in [-0.3, -0.25) is 9.88 Å². The third kappa shape index (κ3) is 4.04. The van der Waals surface area contributed by atoms with Crippen LogP contribution in [0.4, 0.5) is 0 Å². The number of aromatic nitrogens is 3. The van der Waals surface area contributed by atoms with Crippen LogP contribution in [0, 0.1) is 0 Å². The van der Waals surface area contributed by atoms with Crippen molar-refractivity contribution in [3.8, 4) is 22.5 Å². The lowest BCUT2D eigenvalue weighted by Gasteiger charge is -2.28. The predicted octanol–water partition coefficient (Wildman–Crippen LogP) is 5.53. The summed E-state index contributed by atoms with van der Waals surface area (Å²) in [5, 5.41) is 0. The lowest BCUT2D eigenvalue weighted by atomic mass is 10.0.